The van der Waals surface area contributed by atoms with Crippen LogP contribution in [0.3, 0.4) is 0 Å². The Bertz CT molecular complexity index is 915. The number of likely N-dealkylation sites (tertiary alicyclic amines) is 1. The number of aryl methyl sites for hydroxylation is 2. The molecule has 0 aliphatic carbocycles. The van der Waals surface area contributed by atoms with Crippen LogP contribution in [0.2, 0.25) is 0 Å². The highest BCUT2D eigenvalue weighted by molar-refractivity contribution is 5.81. The zero-order valence-electron chi connectivity index (χ0n) is 17.9. The second-order valence-electron chi connectivity index (χ2n) is 8.09. The lowest BCUT2D eigenvalue weighted by molar-refractivity contribution is -0.126. The molecule has 1 aliphatic rings. The standard InChI is InChI=1S/C24H30FN3O2/c1-4-26-24(30)28-14-20(19-8-9-22(25)17(3)11-19)12-21(15-28)23(29)27-13-18-7-5-6-16(2)10-18/h5-11,20-21H,4,12-15H2,1-3H3,(H,26,30)(H,27,29)/t20-,21-/m0/s1. The number of hydrogen-bond acceptors (Lipinski definition) is 2. The van der Waals surface area contributed by atoms with Gasteiger partial charge in [-0.25, -0.2) is 9.18 Å². The van der Waals surface area contributed by atoms with Crippen LogP contribution in [0.15, 0.2) is 42.5 Å². The van der Waals surface area contributed by atoms with Gasteiger partial charge < -0.3 is 15.5 Å². The van der Waals surface area contributed by atoms with Crippen molar-refractivity contribution >= 4 is 11.9 Å². The van der Waals surface area contributed by atoms with Crippen molar-refractivity contribution in [2.24, 2.45) is 5.92 Å². The normalized spacial score (nSPS) is 18.7. The van der Waals surface area contributed by atoms with Gasteiger partial charge in [0.05, 0.1) is 5.92 Å². The number of carbonyl (C=O) groups excluding carboxylic acids is 2. The van der Waals surface area contributed by atoms with Gasteiger partial charge in [-0.3, -0.25) is 4.79 Å². The zero-order chi connectivity index (χ0) is 21.7. The second-order valence-corrected chi connectivity index (χ2v) is 8.09. The number of carbonyl (C=O) groups is 2. The summed E-state index contributed by atoms with van der Waals surface area (Å²) in [5.41, 5.74) is 3.72. The fraction of sp³-hybridized carbons (Fsp3) is 0.417. The van der Waals surface area contributed by atoms with Crippen LogP contribution in [0.4, 0.5) is 9.18 Å². The van der Waals surface area contributed by atoms with Gasteiger partial charge in [0.1, 0.15) is 5.82 Å². The summed E-state index contributed by atoms with van der Waals surface area (Å²) in [7, 11) is 0. The third-order valence-corrected chi connectivity index (χ3v) is 5.64. The Kier molecular flexibility index (Phi) is 7.08. The van der Waals surface area contributed by atoms with Crippen LogP contribution >= 0.6 is 0 Å². The molecule has 5 nitrogen and oxygen atoms in total. The minimum atomic E-state index is -0.318. The van der Waals surface area contributed by atoms with E-state index in [1.54, 1.807) is 17.9 Å². The SMILES string of the molecule is CCNC(=O)N1C[C@@H](C(=O)NCc2cccc(C)c2)C[C@H](c2ccc(F)c(C)c2)C1. The number of nitrogens with zero attached hydrogens (tertiary/aromatic N) is 1. The van der Waals surface area contributed by atoms with Crippen molar-refractivity contribution in [3.8, 4) is 0 Å². The molecule has 1 aliphatic heterocycles. The van der Waals surface area contributed by atoms with Crippen molar-refractivity contribution in [3.63, 3.8) is 0 Å². The molecule has 3 rings (SSSR count). The first-order valence-corrected chi connectivity index (χ1v) is 10.5. The lowest BCUT2D eigenvalue weighted by atomic mass is 9.83. The molecular formula is C24H30FN3O2. The first kappa shape index (κ1) is 21.8. The third-order valence-electron chi connectivity index (χ3n) is 5.64. The number of hydrogen-bond donors (Lipinski definition) is 2. The van der Waals surface area contributed by atoms with E-state index in [0.717, 1.165) is 16.7 Å². The largest absolute Gasteiger partial charge is 0.352 e. The summed E-state index contributed by atoms with van der Waals surface area (Å²) in [5.74, 6) is -0.645. The summed E-state index contributed by atoms with van der Waals surface area (Å²) in [6, 6.07) is 12.9. The Morgan fingerprint density at radius 3 is 2.60 bits per heavy atom. The van der Waals surface area contributed by atoms with Crippen molar-refractivity contribution in [1.82, 2.24) is 15.5 Å². The van der Waals surface area contributed by atoms with Gasteiger partial charge in [-0.1, -0.05) is 42.0 Å². The number of nitrogens with one attached hydrogen (secondary N) is 2. The molecule has 1 fully saturated rings. The summed E-state index contributed by atoms with van der Waals surface area (Å²) in [4.78, 5) is 27.2. The molecule has 6 heteroatoms. The van der Waals surface area contributed by atoms with Crippen LogP contribution in [0.1, 0.15) is 41.5 Å². The van der Waals surface area contributed by atoms with Crippen molar-refractivity contribution in [2.45, 2.75) is 39.7 Å². The monoisotopic (exact) mass is 411 g/mol. The van der Waals surface area contributed by atoms with Crippen LogP contribution < -0.4 is 10.6 Å². The fourth-order valence-electron chi connectivity index (χ4n) is 4.04. The van der Waals surface area contributed by atoms with Gasteiger partial charge in [0, 0.05) is 32.1 Å². The van der Waals surface area contributed by atoms with E-state index < -0.39 is 0 Å². The van der Waals surface area contributed by atoms with Crippen LogP contribution in [-0.4, -0.2) is 36.5 Å². The van der Waals surface area contributed by atoms with Gasteiger partial charge in [-0.15, -0.1) is 0 Å². The van der Waals surface area contributed by atoms with Crippen LogP contribution in [0, 0.1) is 25.6 Å². The zero-order valence-corrected chi connectivity index (χ0v) is 17.9. The van der Waals surface area contributed by atoms with Crippen molar-refractivity contribution in [1.29, 1.82) is 0 Å². The molecule has 2 N–H and O–H groups in total. The summed E-state index contributed by atoms with van der Waals surface area (Å²) >= 11 is 0. The van der Waals surface area contributed by atoms with Crippen LogP contribution in [0.25, 0.3) is 0 Å². The van der Waals surface area contributed by atoms with Gasteiger partial charge >= 0.3 is 6.03 Å². The molecule has 0 radical (unpaired) electrons. The molecule has 2 aromatic carbocycles. The van der Waals surface area contributed by atoms with E-state index in [4.69, 9.17) is 0 Å². The fourth-order valence-corrected chi connectivity index (χ4v) is 4.04. The van der Waals surface area contributed by atoms with Gasteiger partial charge in [0.25, 0.3) is 0 Å². The first-order valence-electron chi connectivity index (χ1n) is 10.5. The van der Waals surface area contributed by atoms with E-state index in [2.05, 4.69) is 10.6 Å². The average Bonchev–Trinajstić information content (AvgIpc) is 2.74. The molecule has 2 aromatic rings. The molecule has 0 unspecified atom stereocenters. The van der Waals surface area contributed by atoms with Gasteiger partial charge in [0.15, 0.2) is 0 Å². The molecule has 2 atom stereocenters. The Balaban J connectivity index is 1.75. The maximum Gasteiger partial charge on any atom is 0.317 e. The van der Waals surface area contributed by atoms with Crippen molar-refractivity contribution in [2.75, 3.05) is 19.6 Å². The molecule has 30 heavy (non-hydrogen) atoms. The van der Waals surface area contributed by atoms with Crippen LogP contribution in [-0.2, 0) is 11.3 Å². The Morgan fingerprint density at radius 1 is 1.10 bits per heavy atom. The Morgan fingerprint density at radius 2 is 1.90 bits per heavy atom. The van der Waals surface area contributed by atoms with E-state index in [-0.39, 0.29) is 29.6 Å². The number of amides is 3. The molecule has 0 aromatic heterocycles. The summed E-state index contributed by atoms with van der Waals surface area (Å²) in [6.45, 7) is 7.50. The van der Waals surface area contributed by atoms with Crippen LogP contribution in [0.5, 0.6) is 0 Å². The molecule has 3 amide bonds. The van der Waals surface area contributed by atoms with E-state index in [1.807, 2.05) is 44.2 Å². The van der Waals surface area contributed by atoms with E-state index in [9.17, 15) is 14.0 Å². The van der Waals surface area contributed by atoms with Gasteiger partial charge in [-0.05, 0) is 49.9 Å². The van der Waals surface area contributed by atoms with E-state index >= 15 is 0 Å². The summed E-state index contributed by atoms with van der Waals surface area (Å²) in [6.07, 6.45) is 0.626. The summed E-state index contributed by atoms with van der Waals surface area (Å²) < 4.78 is 13.7. The first-order chi connectivity index (χ1) is 14.4. The molecule has 0 bridgehead atoms. The van der Waals surface area contributed by atoms with Crippen molar-refractivity contribution in [3.05, 3.63) is 70.5 Å². The highest BCUT2D eigenvalue weighted by Crippen LogP contribution is 2.31. The molecule has 1 heterocycles. The Labute approximate surface area is 177 Å². The van der Waals surface area contributed by atoms with E-state index in [0.29, 0.717) is 38.2 Å². The quantitative estimate of drug-likeness (QED) is 0.784. The number of halogens is 1. The van der Waals surface area contributed by atoms with Crippen molar-refractivity contribution < 1.29 is 14.0 Å². The van der Waals surface area contributed by atoms with Gasteiger partial charge in [0.2, 0.25) is 5.91 Å². The lowest BCUT2D eigenvalue weighted by Gasteiger charge is -2.37. The molecule has 160 valence electrons. The number of piperidine rings is 1. The number of benzene rings is 2. The van der Waals surface area contributed by atoms with E-state index in [1.165, 1.54) is 6.07 Å². The molecule has 1 saturated heterocycles. The predicted molar refractivity (Wildman–Crippen MR) is 116 cm³/mol. The Hall–Kier alpha value is -2.89. The second kappa shape index (κ2) is 9.74. The molecule has 0 spiro atoms. The number of urea groups is 1. The topological polar surface area (TPSA) is 61.4 Å². The third kappa shape index (κ3) is 5.38. The minimum Gasteiger partial charge on any atom is -0.352 e. The smallest absolute Gasteiger partial charge is 0.317 e. The highest BCUT2D eigenvalue weighted by Gasteiger charge is 2.34. The molecular weight excluding hydrogens is 381 g/mol. The maximum atomic E-state index is 13.7. The summed E-state index contributed by atoms with van der Waals surface area (Å²) in [5, 5.41) is 5.85. The predicted octanol–water partition coefficient (Wildman–Crippen LogP) is 3.89. The number of rotatable bonds is 5. The lowest BCUT2D eigenvalue weighted by Crippen LogP contribution is -2.51. The molecule has 0 saturated carbocycles. The highest BCUT2D eigenvalue weighted by atomic mass is 19.1. The van der Waals surface area contributed by atoms with Gasteiger partial charge in [-0.2, -0.15) is 0 Å². The maximum absolute atomic E-state index is 13.7. The average molecular weight is 412 g/mol. The minimum absolute atomic E-state index is 0.0182.